The van der Waals surface area contributed by atoms with E-state index in [0.717, 1.165) is 42.6 Å². The molecule has 0 bridgehead atoms. The van der Waals surface area contributed by atoms with Gasteiger partial charge in [-0.25, -0.2) is 0 Å². The lowest BCUT2D eigenvalue weighted by molar-refractivity contribution is 0.132. The molecule has 1 heterocycles. The Morgan fingerprint density at radius 2 is 2.06 bits per heavy atom. The molecule has 1 aromatic carbocycles. The zero-order valence-corrected chi connectivity index (χ0v) is 10.7. The monoisotopic (exact) mass is 228 g/mol. The molecule has 1 aliphatic rings. The van der Waals surface area contributed by atoms with Gasteiger partial charge in [-0.3, -0.25) is 4.90 Å². The summed E-state index contributed by atoms with van der Waals surface area (Å²) in [7, 11) is 0. The molecule has 2 unspecified atom stereocenters. The topological polar surface area (TPSA) is 27.0 Å². The average molecular weight is 228 g/mol. The minimum atomic E-state index is 0.762. The van der Waals surface area contributed by atoms with E-state index in [1.165, 1.54) is 6.42 Å². The molecular formula is C15H20N2. The summed E-state index contributed by atoms with van der Waals surface area (Å²) in [5, 5.41) is 9.07. The van der Waals surface area contributed by atoms with Crippen molar-refractivity contribution in [2.75, 3.05) is 13.1 Å². The van der Waals surface area contributed by atoms with E-state index in [-0.39, 0.29) is 0 Å². The predicted molar refractivity (Wildman–Crippen MR) is 69.4 cm³/mol. The van der Waals surface area contributed by atoms with Gasteiger partial charge in [-0.1, -0.05) is 32.0 Å². The first-order chi connectivity index (χ1) is 8.20. The largest absolute Gasteiger partial charge is 0.299 e. The summed E-state index contributed by atoms with van der Waals surface area (Å²) in [6.45, 7) is 7.89. The van der Waals surface area contributed by atoms with Crippen molar-refractivity contribution >= 4 is 0 Å². The Hall–Kier alpha value is -1.33. The van der Waals surface area contributed by atoms with Gasteiger partial charge in [0.25, 0.3) is 0 Å². The van der Waals surface area contributed by atoms with Crippen LogP contribution >= 0.6 is 0 Å². The van der Waals surface area contributed by atoms with Crippen LogP contribution in [0.1, 0.15) is 31.4 Å². The van der Waals surface area contributed by atoms with Gasteiger partial charge in [-0.15, -0.1) is 0 Å². The van der Waals surface area contributed by atoms with Crippen molar-refractivity contribution in [3.05, 3.63) is 35.4 Å². The number of piperidine rings is 1. The molecule has 1 fully saturated rings. The first-order valence-corrected chi connectivity index (χ1v) is 6.41. The highest BCUT2D eigenvalue weighted by Crippen LogP contribution is 2.24. The van der Waals surface area contributed by atoms with Gasteiger partial charge in [0.1, 0.15) is 0 Å². The van der Waals surface area contributed by atoms with Crippen LogP contribution in [-0.4, -0.2) is 18.0 Å². The quantitative estimate of drug-likeness (QED) is 0.778. The average Bonchev–Trinajstić information content (AvgIpc) is 2.34. The van der Waals surface area contributed by atoms with Gasteiger partial charge in [0.2, 0.25) is 0 Å². The van der Waals surface area contributed by atoms with Gasteiger partial charge < -0.3 is 0 Å². The van der Waals surface area contributed by atoms with Crippen LogP contribution in [0.2, 0.25) is 0 Å². The number of hydrogen-bond acceptors (Lipinski definition) is 2. The minimum Gasteiger partial charge on any atom is -0.299 e. The van der Waals surface area contributed by atoms with E-state index >= 15 is 0 Å². The van der Waals surface area contributed by atoms with E-state index in [1.54, 1.807) is 0 Å². The van der Waals surface area contributed by atoms with E-state index < -0.39 is 0 Å². The molecular weight excluding hydrogens is 208 g/mol. The van der Waals surface area contributed by atoms with E-state index in [2.05, 4.69) is 30.9 Å². The lowest BCUT2D eigenvalue weighted by Gasteiger charge is -2.35. The Labute approximate surface area is 104 Å². The van der Waals surface area contributed by atoms with Gasteiger partial charge in [0.05, 0.1) is 11.6 Å². The highest BCUT2D eigenvalue weighted by atomic mass is 15.1. The number of nitriles is 1. The van der Waals surface area contributed by atoms with Gasteiger partial charge >= 0.3 is 0 Å². The molecule has 0 spiro atoms. The predicted octanol–water partition coefficient (Wildman–Crippen LogP) is 3.04. The number of benzene rings is 1. The van der Waals surface area contributed by atoms with E-state index in [1.807, 2.05) is 18.2 Å². The molecule has 90 valence electrons. The zero-order valence-electron chi connectivity index (χ0n) is 10.7. The van der Waals surface area contributed by atoms with Crippen molar-refractivity contribution in [2.24, 2.45) is 11.8 Å². The highest BCUT2D eigenvalue weighted by molar-refractivity contribution is 5.37. The van der Waals surface area contributed by atoms with Crippen LogP contribution in [0, 0.1) is 23.2 Å². The number of nitrogens with zero attached hydrogens (tertiary/aromatic N) is 2. The second kappa shape index (κ2) is 5.33. The molecule has 0 saturated carbocycles. The normalized spacial score (nSPS) is 25.5. The Kier molecular flexibility index (Phi) is 3.81. The molecule has 0 amide bonds. The van der Waals surface area contributed by atoms with Gasteiger partial charge in [0.15, 0.2) is 0 Å². The van der Waals surface area contributed by atoms with E-state index in [0.29, 0.717) is 0 Å². The Morgan fingerprint density at radius 3 is 2.76 bits per heavy atom. The van der Waals surface area contributed by atoms with Crippen LogP contribution in [-0.2, 0) is 6.54 Å². The third-order valence-electron chi connectivity index (χ3n) is 3.95. The van der Waals surface area contributed by atoms with Crippen molar-refractivity contribution in [3.8, 4) is 6.07 Å². The SMILES string of the molecule is CC1CCN(Cc2ccccc2C#N)CC1C. The fraction of sp³-hybridized carbons (Fsp3) is 0.533. The Balaban J connectivity index is 2.04. The minimum absolute atomic E-state index is 0.762. The molecule has 1 saturated heterocycles. The molecule has 1 aliphatic heterocycles. The summed E-state index contributed by atoms with van der Waals surface area (Å²) >= 11 is 0. The third kappa shape index (κ3) is 2.87. The highest BCUT2D eigenvalue weighted by Gasteiger charge is 2.22. The van der Waals surface area contributed by atoms with Crippen molar-refractivity contribution in [1.82, 2.24) is 4.90 Å². The smallest absolute Gasteiger partial charge is 0.0995 e. The maximum absolute atomic E-state index is 9.07. The lowest BCUT2D eigenvalue weighted by Crippen LogP contribution is -2.37. The standard InChI is InChI=1S/C15H20N2/c1-12-7-8-17(10-13(12)2)11-15-6-4-3-5-14(15)9-16/h3-6,12-13H,7-8,10-11H2,1-2H3. The van der Waals surface area contributed by atoms with Gasteiger partial charge in [-0.05, 0) is 36.4 Å². The number of hydrogen-bond donors (Lipinski definition) is 0. The summed E-state index contributed by atoms with van der Waals surface area (Å²) in [6.07, 6.45) is 1.27. The summed E-state index contributed by atoms with van der Waals surface area (Å²) in [5.74, 6) is 1.59. The first kappa shape index (κ1) is 12.1. The maximum atomic E-state index is 9.07. The lowest BCUT2D eigenvalue weighted by atomic mass is 9.88. The van der Waals surface area contributed by atoms with Crippen LogP contribution in [0.3, 0.4) is 0 Å². The van der Waals surface area contributed by atoms with Gasteiger partial charge in [-0.2, -0.15) is 5.26 Å². The Bertz CT molecular complexity index is 419. The second-order valence-corrected chi connectivity index (χ2v) is 5.25. The molecule has 2 atom stereocenters. The summed E-state index contributed by atoms with van der Waals surface area (Å²) < 4.78 is 0. The second-order valence-electron chi connectivity index (χ2n) is 5.25. The van der Waals surface area contributed by atoms with Crippen molar-refractivity contribution < 1.29 is 0 Å². The van der Waals surface area contributed by atoms with E-state index in [9.17, 15) is 0 Å². The van der Waals surface area contributed by atoms with Crippen molar-refractivity contribution in [1.29, 1.82) is 5.26 Å². The molecule has 0 aliphatic carbocycles. The van der Waals surface area contributed by atoms with Crippen LogP contribution < -0.4 is 0 Å². The maximum Gasteiger partial charge on any atom is 0.0995 e. The van der Waals surface area contributed by atoms with E-state index in [4.69, 9.17) is 5.26 Å². The molecule has 0 aromatic heterocycles. The van der Waals surface area contributed by atoms with Crippen LogP contribution in [0.25, 0.3) is 0 Å². The molecule has 0 radical (unpaired) electrons. The third-order valence-corrected chi connectivity index (χ3v) is 3.95. The molecule has 17 heavy (non-hydrogen) atoms. The van der Waals surface area contributed by atoms with Crippen molar-refractivity contribution in [2.45, 2.75) is 26.8 Å². The van der Waals surface area contributed by atoms with Crippen molar-refractivity contribution in [3.63, 3.8) is 0 Å². The summed E-state index contributed by atoms with van der Waals surface area (Å²) in [4.78, 5) is 2.47. The molecule has 2 heteroatoms. The van der Waals surface area contributed by atoms with Crippen LogP contribution in [0.15, 0.2) is 24.3 Å². The van der Waals surface area contributed by atoms with Crippen LogP contribution in [0.5, 0.6) is 0 Å². The Morgan fingerprint density at radius 1 is 1.29 bits per heavy atom. The fourth-order valence-corrected chi connectivity index (χ4v) is 2.50. The van der Waals surface area contributed by atoms with Crippen LogP contribution in [0.4, 0.5) is 0 Å². The molecule has 2 nitrogen and oxygen atoms in total. The first-order valence-electron chi connectivity index (χ1n) is 6.41. The molecule has 2 rings (SSSR count). The molecule has 1 aromatic rings. The summed E-state index contributed by atoms with van der Waals surface area (Å²) in [6, 6.07) is 10.2. The fourth-order valence-electron chi connectivity index (χ4n) is 2.50. The molecule has 0 N–H and O–H groups in total. The number of likely N-dealkylation sites (tertiary alicyclic amines) is 1. The zero-order chi connectivity index (χ0) is 12.3. The number of rotatable bonds is 2. The van der Waals surface area contributed by atoms with Gasteiger partial charge in [0, 0.05) is 13.1 Å². The summed E-state index contributed by atoms with van der Waals surface area (Å²) in [5.41, 5.74) is 1.98.